The van der Waals surface area contributed by atoms with Gasteiger partial charge >= 0.3 is 0 Å². The lowest BCUT2D eigenvalue weighted by Crippen LogP contribution is -2.26. The fourth-order valence-electron chi connectivity index (χ4n) is 4.47. The summed E-state index contributed by atoms with van der Waals surface area (Å²) in [6.07, 6.45) is 2.16. The van der Waals surface area contributed by atoms with E-state index in [1.54, 1.807) is 21.3 Å². The first-order valence-electron chi connectivity index (χ1n) is 9.90. The number of fused-ring (bicyclic) bond motifs is 3. The topological polar surface area (TPSA) is 55.4 Å². The third-order valence-corrected chi connectivity index (χ3v) is 5.82. The monoisotopic (exact) mass is 400 g/mol. The van der Waals surface area contributed by atoms with Crippen molar-refractivity contribution in [2.24, 2.45) is 5.92 Å². The third-order valence-electron chi connectivity index (χ3n) is 5.82. The maximum Gasteiger partial charge on any atom is 0.188 e. The molecule has 0 radical (unpaired) electrons. The molecule has 1 aliphatic carbocycles. The molecule has 0 bridgehead atoms. The predicted molar refractivity (Wildman–Crippen MR) is 108 cm³/mol. The second-order valence-corrected chi connectivity index (χ2v) is 7.51. The predicted octanol–water partition coefficient (Wildman–Crippen LogP) is 4.29. The Kier molecular flexibility index (Phi) is 6.23. The molecule has 6 heteroatoms. The summed E-state index contributed by atoms with van der Waals surface area (Å²) in [5, 5.41) is 0. The van der Waals surface area contributed by atoms with Gasteiger partial charge in [-0.05, 0) is 54.7 Å². The van der Waals surface area contributed by atoms with Gasteiger partial charge in [-0.15, -0.1) is 0 Å². The second kappa shape index (κ2) is 9.03. The largest absolute Gasteiger partial charge is 0.485 e. The zero-order valence-corrected chi connectivity index (χ0v) is 17.1. The smallest absolute Gasteiger partial charge is 0.188 e. The van der Waals surface area contributed by atoms with Crippen LogP contribution in [0.2, 0.25) is 0 Å². The van der Waals surface area contributed by atoms with Crippen molar-refractivity contribution < 1.29 is 28.4 Å². The van der Waals surface area contributed by atoms with Crippen LogP contribution in [0.1, 0.15) is 36.0 Å². The Morgan fingerprint density at radius 3 is 2.24 bits per heavy atom. The standard InChI is InChI=1S/C23H28O6/c1-24-13-27-16-6-4-15(5-7-16)23-21-12-18(26-3)11-19(21)20-10-17(28-14-25-2)8-9-22(20)29-23/h4-10,18-19,21,23H,11-14H2,1-3H3. The molecule has 0 amide bonds. The van der Waals surface area contributed by atoms with E-state index in [1.807, 2.05) is 24.3 Å². The highest BCUT2D eigenvalue weighted by Crippen LogP contribution is 2.55. The van der Waals surface area contributed by atoms with Crippen LogP contribution in [0.15, 0.2) is 42.5 Å². The summed E-state index contributed by atoms with van der Waals surface area (Å²) >= 11 is 0. The first kappa shape index (κ1) is 20.0. The molecule has 2 aliphatic rings. The normalized spacial score (nSPS) is 25.1. The molecule has 2 aromatic rings. The summed E-state index contributed by atoms with van der Waals surface area (Å²) in [4.78, 5) is 0. The fraction of sp³-hybridized carbons (Fsp3) is 0.478. The lowest BCUT2D eigenvalue weighted by Gasteiger charge is -2.36. The van der Waals surface area contributed by atoms with Crippen LogP contribution in [0.5, 0.6) is 17.2 Å². The Balaban J connectivity index is 1.61. The van der Waals surface area contributed by atoms with Gasteiger partial charge in [0.15, 0.2) is 13.6 Å². The minimum atomic E-state index is -0.0186. The van der Waals surface area contributed by atoms with Gasteiger partial charge in [0, 0.05) is 32.8 Å². The van der Waals surface area contributed by atoms with Gasteiger partial charge in [-0.3, -0.25) is 0 Å². The zero-order valence-electron chi connectivity index (χ0n) is 17.1. The van der Waals surface area contributed by atoms with Crippen molar-refractivity contribution in [2.45, 2.75) is 31.0 Å². The zero-order chi connectivity index (χ0) is 20.2. The molecule has 4 atom stereocenters. The van der Waals surface area contributed by atoms with Gasteiger partial charge in [0.25, 0.3) is 0 Å². The van der Waals surface area contributed by atoms with Crippen molar-refractivity contribution in [1.82, 2.24) is 0 Å². The van der Waals surface area contributed by atoms with E-state index in [0.29, 0.717) is 11.8 Å². The molecule has 0 aromatic heterocycles. The van der Waals surface area contributed by atoms with Crippen LogP contribution in [0, 0.1) is 5.92 Å². The first-order valence-corrected chi connectivity index (χ1v) is 9.90. The van der Waals surface area contributed by atoms with Gasteiger partial charge in [-0.2, -0.15) is 0 Å². The fourth-order valence-corrected chi connectivity index (χ4v) is 4.47. The summed E-state index contributed by atoms with van der Waals surface area (Å²) < 4.78 is 33.4. The van der Waals surface area contributed by atoms with Crippen molar-refractivity contribution in [3.63, 3.8) is 0 Å². The maximum absolute atomic E-state index is 6.50. The Labute approximate surface area is 171 Å². The molecular formula is C23H28O6. The number of methoxy groups -OCH3 is 3. The molecule has 29 heavy (non-hydrogen) atoms. The molecule has 1 saturated carbocycles. The van der Waals surface area contributed by atoms with Crippen molar-refractivity contribution >= 4 is 0 Å². The number of ether oxygens (including phenoxy) is 6. The summed E-state index contributed by atoms with van der Waals surface area (Å²) in [5.41, 5.74) is 2.34. The average Bonchev–Trinajstić information content (AvgIpc) is 3.21. The van der Waals surface area contributed by atoms with Gasteiger partial charge in [0.05, 0.1) is 6.10 Å². The van der Waals surface area contributed by atoms with Crippen LogP contribution in [0.4, 0.5) is 0 Å². The van der Waals surface area contributed by atoms with Gasteiger partial charge in [0.1, 0.15) is 23.4 Å². The van der Waals surface area contributed by atoms with Crippen LogP contribution < -0.4 is 14.2 Å². The lowest BCUT2D eigenvalue weighted by atomic mass is 9.80. The quantitative estimate of drug-likeness (QED) is 0.616. The SMILES string of the molecule is COCOc1ccc(C2Oc3ccc(OCOC)cc3C3CC(OC)CC32)cc1. The molecule has 0 saturated heterocycles. The molecule has 1 aliphatic heterocycles. The molecule has 4 unspecified atom stereocenters. The Hall–Kier alpha value is -2.28. The van der Waals surface area contributed by atoms with E-state index in [9.17, 15) is 0 Å². The van der Waals surface area contributed by atoms with Crippen LogP contribution in [-0.4, -0.2) is 41.0 Å². The van der Waals surface area contributed by atoms with Crippen LogP contribution in [-0.2, 0) is 14.2 Å². The number of hydrogen-bond donors (Lipinski definition) is 0. The Morgan fingerprint density at radius 1 is 0.862 bits per heavy atom. The van der Waals surface area contributed by atoms with Gasteiger partial charge in [-0.1, -0.05) is 12.1 Å². The maximum atomic E-state index is 6.50. The van der Waals surface area contributed by atoms with Gasteiger partial charge in [0.2, 0.25) is 0 Å². The molecule has 1 heterocycles. The summed E-state index contributed by atoms with van der Waals surface area (Å²) in [6.45, 7) is 0.467. The van der Waals surface area contributed by atoms with Crippen molar-refractivity contribution in [3.05, 3.63) is 53.6 Å². The average molecular weight is 400 g/mol. The minimum Gasteiger partial charge on any atom is -0.485 e. The molecule has 1 fully saturated rings. The van der Waals surface area contributed by atoms with Crippen LogP contribution in [0.25, 0.3) is 0 Å². The summed E-state index contributed by atoms with van der Waals surface area (Å²) in [7, 11) is 5.02. The van der Waals surface area contributed by atoms with E-state index in [4.69, 9.17) is 28.4 Å². The van der Waals surface area contributed by atoms with Crippen LogP contribution in [0.3, 0.4) is 0 Å². The van der Waals surface area contributed by atoms with Gasteiger partial charge in [-0.25, -0.2) is 0 Å². The molecule has 0 spiro atoms. The summed E-state index contributed by atoms with van der Waals surface area (Å²) in [5.74, 6) is 3.20. The number of hydrogen-bond acceptors (Lipinski definition) is 6. The van der Waals surface area contributed by atoms with E-state index in [-0.39, 0.29) is 25.8 Å². The Morgan fingerprint density at radius 2 is 1.55 bits per heavy atom. The molecule has 2 aromatic carbocycles. The highest BCUT2D eigenvalue weighted by molar-refractivity contribution is 5.46. The number of benzene rings is 2. The van der Waals surface area contributed by atoms with E-state index in [1.165, 1.54) is 5.56 Å². The molecule has 156 valence electrons. The van der Waals surface area contributed by atoms with E-state index in [0.717, 1.165) is 35.7 Å². The van der Waals surface area contributed by atoms with E-state index in [2.05, 4.69) is 18.2 Å². The van der Waals surface area contributed by atoms with Crippen molar-refractivity contribution in [1.29, 1.82) is 0 Å². The number of rotatable bonds is 8. The first-order chi connectivity index (χ1) is 14.2. The Bertz CT molecular complexity index is 806. The highest BCUT2D eigenvalue weighted by Gasteiger charge is 2.46. The van der Waals surface area contributed by atoms with E-state index >= 15 is 0 Å². The lowest BCUT2D eigenvalue weighted by molar-refractivity contribution is 0.0501. The highest BCUT2D eigenvalue weighted by atomic mass is 16.7. The molecule has 4 rings (SSSR count). The second-order valence-electron chi connectivity index (χ2n) is 7.51. The van der Waals surface area contributed by atoms with Crippen molar-refractivity contribution in [3.8, 4) is 17.2 Å². The van der Waals surface area contributed by atoms with Gasteiger partial charge < -0.3 is 28.4 Å². The summed E-state index contributed by atoms with van der Waals surface area (Å²) in [6, 6.07) is 14.1. The van der Waals surface area contributed by atoms with Crippen LogP contribution >= 0.6 is 0 Å². The van der Waals surface area contributed by atoms with E-state index < -0.39 is 0 Å². The minimum absolute atomic E-state index is 0.0186. The molecule has 6 nitrogen and oxygen atoms in total. The molecular weight excluding hydrogens is 372 g/mol. The third kappa shape index (κ3) is 4.20. The van der Waals surface area contributed by atoms with Crippen molar-refractivity contribution in [2.75, 3.05) is 34.9 Å². The molecule has 0 N–H and O–H groups in total.